The molecule has 4 unspecified atom stereocenters. The molecule has 1 N–H and O–H groups in total. The molecular weight excluding hydrogens is 210 g/mol. The Morgan fingerprint density at radius 3 is 2.59 bits per heavy atom. The van der Waals surface area contributed by atoms with E-state index in [0.717, 1.165) is 50.6 Å². The van der Waals surface area contributed by atoms with E-state index in [0.29, 0.717) is 11.7 Å². The molecule has 0 aromatic heterocycles. The predicted octanol–water partition coefficient (Wildman–Crippen LogP) is 3.02. The Bertz CT molecular complexity index is 281. The van der Waals surface area contributed by atoms with Gasteiger partial charge < -0.3 is 5.32 Å². The zero-order valence-corrected chi connectivity index (χ0v) is 11.6. The van der Waals surface area contributed by atoms with Gasteiger partial charge in [0.05, 0.1) is 0 Å². The third-order valence-corrected chi connectivity index (χ3v) is 5.41. The fourth-order valence-electron chi connectivity index (χ4n) is 3.65. The first kappa shape index (κ1) is 13.1. The molecule has 1 heterocycles. The van der Waals surface area contributed by atoms with E-state index < -0.39 is 0 Å². The number of hydrogen-bond acceptors (Lipinski definition) is 2. The van der Waals surface area contributed by atoms with Gasteiger partial charge in [-0.15, -0.1) is 0 Å². The molecular formula is C15H27NO. The van der Waals surface area contributed by atoms with Gasteiger partial charge in [-0.25, -0.2) is 0 Å². The molecule has 2 nitrogen and oxygen atoms in total. The first-order chi connectivity index (χ1) is 8.09. The second kappa shape index (κ2) is 5.09. The van der Waals surface area contributed by atoms with Crippen molar-refractivity contribution in [2.45, 2.75) is 52.9 Å². The molecule has 98 valence electrons. The lowest BCUT2D eigenvalue weighted by molar-refractivity contribution is -0.134. The fourth-order valence-corrected chi connectivity index (χ4v) is 3.65. The standard InChI is InChI=1S/C15H27NO/c1-4-15(7-8-16-10-15)14(17)13-6-5-11(2)12(3)9-13/h11-13,16H,4-10H2,1-3H3. The van der Waals surface area contributed by atoms with E-state index >= 15 is 0 Å². The van der Waals surface area contributed by atoms with E-state index in [4.69, 9.17) is 0 Å². The molecule has 0 aromatic carbocycles. The molecule has 0 bridgehead atoms. The van der Waals surface area contributed by atoms with Gasteiger partial charge in [0.25, 0.3) is 0 Å². The predicted molar refractivity (Wildman–Crippen MR) is 70.9 cm³/mol. The Kier molecular flexibility index (Phi) is 3.92. The molecule has 17 heavy (non-hydrogen) atoms. The first-order valence-corrected chi connectivity index (χ1v) is 7.34. The molecule has 4 atom stereocenters. The largest absolute Gasteiger partial charge is 0.316 e. The Hall–Kier alpha value is -0.370. The zero-order chi connectivity index (χ0) is 12.5. The van der Waals surface area contributed by atoms with Crippen molar-refractivity contribution in [3.63, 3.8) is 0 Å². The lowest BCUT2D eigenvalue weighted by Crippen LogP contribution is -2.40. The second-order valence-corrected chi connectivity index (χ2v) is 6.39. The van der Waals surface area contributed by atoms with Gasteiger partial charge in [0, 0.05) is 17.9 Å². The van der Waals surface area contributed by atoms with Gasteiger partial charge >= 0.3 is 0 Å². The van der Waals surface area contributed by atoms with E-state index in [-0.39, 0.29) is 5.41 Å². The first-order valence-electron chi connectivity index (χ1n) is 7.34. The lowest BCUT2D eigenvalue weighted by Gasteiger charge is -2.36. The molecule has 0 amide bonds. The van der Waals surface area contributed by atoms with Crippen LogP contribution < -0.4 is 5.32 Å². The molecule has 1 aliphatic heterocycles. The van der Waals surface area contributed by atoms with Crippen molar-refractivity contribution < 1.29 is 4.79 Å². The van der Waals surface area contributed by atoms with Gasteiger partial charge in [-0.05, 0) is 50.5 Å². The van der Waals surface area contributed by atoms with Crippen molar-refractivity contribution in [2.75, 3.05) is 13.1 Å². The van der Waals surface area contributed by atoms with Gasteiger partial charge in [-0.2, -0.15) is 0 Å². The van der Waals surface area contributed by atoms with Gasteiger partial charge in [0.1, 0.15) is 5.78 Å². The van der Waals surface area contributed by atoms with Crippen molar-refractivity contribution in [1.29, 1.82) is 0 Å². The van der Waals surface area contributed by atoms with E-state index in [9.17, 15) is 4.79 Å². The summed E-state index contributed by atoms with van der Waals surface area (Å²) in [7, 11) is 0. The highest BCUT2D eigenvalue weighted by Crippen LogP contribution is 2.40. The van der Waals surface area contributed by atoms with Crippen LogP contribution in [0.2, 0.25) is 0 Å². The van der Waals surface area contributed by atoms with Gasteiger partial charge in [-0.3, -0.25) is 4.79 Å². The van der Waals surface area contributed by atoms with E-state index in [2.05, 4.69) is 26.1 Å². The number of Topliss-reactive ketones (excluding diaryl/α,β-unsaturated/α-hetero) is 1. The van der Waals surface area contributed by atoms with Crippen LogP contribution in [0.4, 0.5) is 0 Å². The number of hydrogen-bond donors (Lipinski definition) is 1. The Morgan fingerprint density at radius 1 is 1.29 bits per heavy atom. The molecule has 2 fully saturated rings. The number of carbonyl (C=O) groups excluding carboxylic acids is 1. The summed E-state index contributed by atoms with van der Waals surface area (Å²) in [6.45, 7) is 8.77. The third kappa shape index (κ3) is 2.42. The van der Waals surface area contributed by atoms with Gasteiger partial charge in [0.15, 0.2) is 0 Å². The minimum Gasteiger partial charge on any atom is -0.316 e. The van der Waals surface area contributed by atoms with Crippen molar-refractivity contribution >= 4 is 5.78 Å². The number of rotatable bonds is 3. The molecule has 1 saturated heterocycles. The topological polar surface area (TPSA) is 29.1 Å². The van der Waals surface area contributed by atoms with Crippen LogP contribution in [0.15, 0.2) is 0 Å². The van der Waals surface area contributed by atoms with Crippen molar-refractivity contribution in [3.05, 3.63) is 0 Å². The van der Waals surface area contributed by atoms with Crippen molar-refractivity contribution in [3.8, 4) is 0 Å². The summed E-state index contributed by atoms with van der Waals surface area (Å²) in [6, 6.07) is 0. The molecule has 2 rings (SSSR count). The normalized spacial score (nSPS) is 42.6. The zero-order valence-electron chi connectivity index (χ0n) is 11.6. The Balaban J connectivity index is 2.04. The molecule has 0 aromatic rings. The molecule has 2 heteroatoms. The Morgan fingerprint density at radius 2 is 2.06 bits per heavy atom. The summed E-state index contributed by atoms with van der Waals surface area (Å²) < 4.78 is 0. The molecule has 0 spiro atoms. The highest BCUT2D eigenvalue weighted by molar-refractivity contribution is 5.87. The van der Waals surface area contributed by atoms with Crippen LogP contribution in [-0.2, 0) is 4.79 Å². The van der Waals surface area contributed by atoms with E-state index in [1.54, 1.807) is 0 Å². The van der Waals surface area contributed by atoms with Crippen LogP contribution in [0.5, 0.6) is 0 Å². The molecule has 1 aliphatic carbocycles. The number of carbonyl (C=O) groups is 1. The third-order valence-electron chi connectivity index (χ3n) is 5.41. The van der Waals surface area contributed by atoms with Crippen LogP contribution in [0.1, 0.15) is 52.9 Å². The van der Waals surface area contributed by atoms with Crippen molar-refractivity contribution in [1.82, 2.24) is 5.32 Å². The highest BCUT2D eigenvalue weighted by Gasteiger charge is 2.43. The molecule has 0 radical (unpaired) electrons. The lowest BCUT2D eigenvalue weighted by atomic mass is 9.67. The summed E-state index contributed by atoms with van der Waals surface area (Å²) >= 11 is 0. The maximum atomic E-state index is 12.8. The Labute approximate surface area is 106 Å². The average molecular weight is 237 g/mol. The van der Waals surface area contributed by atoms with Crippen molar-refractivity contribution in [2.24, 2.45) is 23.2 Å². The quantitative estimate of drug-likeness (QED) is 0.817. The summed E-state index contributed by atoms with van der Waals surface area (Å²) in [6.07, 6.45) is 5.57. The average Bonchev–Trinajstić information content (AvgIpc) is 2.81. The van der Waals surface area contributed by atoms with Gasteiger partial charge in [0.2, 0.25) is 0 Å². The minimum atomic E-state index is -0.0229. The molecule has 2 aliphatic rings. The van der Waals surface area contributed by atoms with E-state index in [1.807, 2.05) is 0 Å². The van der Waals surface area contributed by atoms with Crippen LogP contribution in [0.25, 0.3) is 0 Å². The fraction of sp³-hybridized carbons (Fsp3) is 0.933. The maximum Gasteiger partial charge on any atom is 0.143 e. The van der Waals surface area contributed by atoms with Crippen LogP contribution in [-0.4, -0.2) is 18.9 Å². The molecule has 1 saturated carbocycles. The summed E-state index contributed by atoms with van der Waals surface area (Å²) in [5, 5.41) is 3.38. The second-order valence-electron chi connectivity index (χ2n) is 6.39. The van der Waals surface area contributed by atoms with Crippen LogP contribution >= 0.6 is 0 Å². The highest BCUT2D eigenvalue weighted by atomic mass is 16.1. The summed E-state index contributed by atoms with van der Waals surface area (Å²) in [5.74, 6) is 2.45. The maximum absolute atomic E-state index is 12.8. The number of nitrogens with one attached hydrogen (secondary N) is 1. The smallest absolute Gasteiger partial charge is 0.143 e. The SMILES string of the molecule is CCC1(C(=O)C2CCC(C)C(C)C2)CCNC1. The number of ketones is 1. The minimum absolute atomic E-state index is 0.0229. The summed E-state index contributed by atoms with van der Waals surface area (Å²) in [4.78, 5) is 12.8. The van der Waals surface area contributed by atoms with Crippen LogP contribution in [0.3, 0.4) is 0 Å². The monoisotopic (exact) mass is 237 g/mol. The van der Waals surface area contributed by atoms with Gasteiger partial charge in [-0.1, -0.05) is 20.8 Å². The van der Waals surface area contributed by atoms with E-state index in [1.165, 1.54) is 6.42 Å². The van der Waals surface area contributed by atoms with Crippen LogP contribution in [0, 0.1) is 23.2 Å². The summed E-state index contributed by atoms with van der Waals surface area (Å²) in [5.41, 5.74) is -0.0229.